The standard InChI is InChI=1S/C23H27N3O2/c27-20(16-28-21-11-5-2-6-12-21)15-26-17-25-22(18-8-3-1-4-9-18)23(26)19-10-7-13-24-14-19/h1,3-4,7-10,13-14,17,20-21,27H,2,5-6,11-12,15-16H2. The lowest BCUT2D eigenvalue weighted by Gasteiger charge is -2.23. The molecule has 2 heterocycles. The van der Waals surface area contributed by atoms with Crippen LogP contribution in [0.5, 0.6) is 0 Å². The minimum absolute atomic E-state index is 0.295. The molecule has 1 N–H and O–H groups in total. The van der Waals surface area contributed by atoms with E-state index in [1.807, 2.05) is 41.1 Å². The van der Waals surface area contributed by atoms with Crippen molar-refractivity contribution in [1.82, 2.24) is 14.5 Å². The molecule has 0 bridgehead atoms. The van der Waals surface area contributed by atoms with Gasteiger partial charge in [0.15, 0.2) is 0 Å². The molecular formula is C23H27N3O2. The zero-order valence-electron chi connectivity index (χ0n) is 16.1. The Hall–Kier alpha value is -2.50. The summed E-state index contributed by atoms with van der Waals surface area (Å²) in [6, 6.07) is 14.1. The first-order chi connectivity index (χ1) is 13.8. The van der Waals surface area contributed by atoms with Crippen LogP contribution in [0.1, 0.15) is 32.1 Å². The van der Waals surface area contributed by atoms with E-state index < -0.39 is 6.10 Å². The molecule has 1 atom stereocenters. The first-order valence-corrected chi connectivity index (χ1v) is 10.1. The van der Waals surface area contributed by atoms with Crippen LogP contribution in [0.3, 0.4) is 0 Å². The Bertz CT molecular complexity index is 858. The van der Waals surface area contributed by atoms with Gasteiger partial charge in [0.2, 0.25) is 0 Å². The molecule has 4 rings (SSSR count). The lowest BCUT2D eigenvalue weighted by Crippen LogP contribution is -2.26. The number of hydrogen-bond acceptors (Lipinski definition) is 4. The quantitative estimate of drug-likeness (QED) is 0.666. The fourth-order valence-corrected chi connectivity index (χ4v) is 3.89. The summed E-state index contributed by atoms with van der Waals surface area (Å²) in [4.78, 5) is 8.91. The van der Waals surface area contributed by atoms with Crippen molar-refractivity contribution in [3.63, 3.8) is 0 Å². The summed E-state index contributed by atoms with van der Waals surface area (Å²) in [5.41, 5.74) is 3.90. The molecule has 3 aromatic rings. The molecule has 1 aliphatic rings. The van der Waals surface area contributed by atoms with Crippen molar-refractivity contribution in [2.75, 3.05) is 6.61 Å². The number of nitrogens with zero attached hydrogens (tertiary/aromatic N) is 3. The molecule has 5 heteroatoms. The number of rotatable bonds is 7. The second-order valence-electron chi connectivity index (χ2n) is 7.45. The molecule has 0 amide bonds. The van der Waals surface area contributed by atoms with Crippen LogP contribution in [-0.2, 0) is 11.3 Å². The van der Waals surface area contributed by atoms with E-state index in [9.17, 15) is 5.11 Å². The van der Waals surface area contributed by atoms with Crippen LogP contribution in [0.2, 0.25) is 0 Å². The van der Waals surface area contributed by atoms with E-state index in [0.29, 0.717) is 19.3 Å². The summed E-state index contributed by atoms with van der Waals surface area (Å²) in [6.45, 7) is 0.798. The van der Waals surface area contributed by atoms with Crippen molar-refractivity contribution in [2.45, 2.75) is 50.9 Å². The van der Waals surface area contributed by atoms with Gasteiger partial charge < -0.3 is 14.4 Å². The van der Waals surface area contributed by atoms with E-state index in [2.05, 4.69) is 22.1 Å². The third kappa shape index (κ3) is 4.49. The monoisotopic (exact) mass is 377 g/mol. The summed E-state index contributed by atoms with van der Waals surface area (Å²) < 4.78 is 7.97. The molecule has 0 saturated heterocycles. The van der Waals surface area contributed by atoms with Crippen LogP contribution in [0, 0.1) is 0 Å². The van der Waals surface area contributed by atoms with Crippen molar-refractivity contribution >= 4 is 0 Å². The second-order valence-corrected chi connectivity index (χ2v) is 7.45. The second kappa shape index (κ2) is 9.13. The lowest BCUT2D eigenvalue weighted by molar-refractivity contribution is -0.0282. The summed E-state index contributed by atoms with van der Waals surface area (Å²) in [5.74, 6) is 0. The van der Waals surface area contributed by atoms with Gasteiger partial charge in [0.1, 0.15) is 0 Å². The van der Waals surface area contributed by atoms with Gasteiger partial charge in [0.25, 0.3) is 0 Å². The average molecular weight is 377 g/mol. The van der Waals surface area contributed by atoms with Crippen molar-refractivity contribution in [3.05, 3.63) is 61.2 Å². The predicted octanol–water partition coefficient (Wildman–Crippen LogP) is 4.32. The van der Waals surface area contributed by atoms with Crippen molar-refractivity contribution in [2.24, 2.45) is 0 Å². The highest BCUT2D eigenvalue weighted by molar-refractivity contribution is 5.78. The largest absolute Gasteiger partial charge is 0.389 e. The Morgan fingerprint density at radius 2 is 1.82 bits per heavy atom. The van der Waals surface area contributed by atoms with Crippen molar-refractivity contribution in [3.8, 4) is 22.5 Å². The highest BCUT2D eigenvalue weighted by Crippen LogP contribution is 2.31. The molecular weight excluding hydrogens is 350 g/mol. The van der Waals surface area contributed by atoms with Gasteiger partial charge in [-0.05, 0) is 25.0 Å². The smallest absolute Gasteiger partial charge is 0.0963 e. The zero-order valence-corrected chi connectivity index (χ0v) is 16.1. The topological polar surface area (TPSA) is 60.2 Å². The van der Waals surface area contributed by atoms with E-state index in [4.69, 9.17) is 4.74 Å². The van der Waals surface area contributed by atoms with Gasteiger partial charge in [-0.2, -0.15) is 0 Å². The van der Waals surface area contributed by atoms with Gasteiger partial charge >= 0.3 is 0 Å². The van der Waals surface area contributed by atoms with Crippen molar-refractivity contribution < 1.29 is 9.84 Å². The summed E-state index contributed by atoms with van der Waals surface area (Å²) in [7, 11) is 0. The summed E-state index contributed by atoms with van der Waals surface area (Å²) >= 11 is 0. The maximum absolute atomic E-state index is 10.6. The number of ether oxygens (including phenoxy) is 1. The van der Waals surface area contributed by atoms with Crippen molar-refractivity contribution in [1.29, 1.82) is 0 Å². The molecule has 146 valence electrons. The number of aromatic nitrogens is 3. The van der Waals surface area contributed by atoms with Gasteiger partial charge in [-0.3, -0.25) is 4.98 Å². The summed E-state index contributed by atoms with van der Waals surface area (Å²) in [5, 5.41) is 10.6. The molecule has 28 heavy (non-hydrogen) atoms. The van der Waals surface area contributed by atoms with E-state index in [-0.39, 0.29) is 0 Å². The Labute approximate surface area is 166 Å². The van der Waals surface area contributed by atoms with Crippen LogP contribution in [-0.4, -0.2) is 38.5 Å². The van der Waals surface area contributed by atoms with Crippen LogP contribution in [0.4, 0.5) is 0 Å². The average Bonchev–Trinajstić information content (AvgIpc) is 3.17. The molecule has 5 nitrogen and oxygen atoms in total. The Morgan fingerprint density at radius 3 is 2.57 bits per heavy atom. The highest BCUT2D eigenvalue weighted by Gasteiger charge is 2.19. The van der Waals surface area contributed by atoms with E-state index in [1.165, 1.54) is 19.3 Å². The summed E-state index contributed by atoms with van der Waals surface area (Å²) in [6.07, 6.45) is 11.1. The van der Waals surface area contributed by atoms with E-state index >= 15 is 0 Å². The van der Waals surface area contributed by atoms with Crippen LogP contribution < -0.4 is 0 Å². The molecule has 1 saturated carbocycles. The molecule has 0 aliphatic heterocycles. The van der Waals surface area contributed by atoms with Gasteiger partial charge in [0, 0.05) is 23.5 Å². The predicted molar refractivity (Wildman–Crippen MR) is 110 cm³/mol. The minimum Gasteiger partial charge on any atom is -0.389 e. The van der Waals surface area contributed by atoms with Crippen LogP contribution in [0.25, 0.3) is 22.5 Å². The Morgan fingerprint density at radius 1 is 1.04 bits per heavy atom. The lowest BCUT2D eigenvalue weighted by atomic mass is 9.98. The van der Waals surface area contributed by atoms with Gasteiger partial charge in [0.05, 0.1) is 43.1 Å². The molecule has 1 unspecified atom stereocenters. The van der Waals surface area contributed by atoms with E-state index in [0.717, 1.165) is 35.4 Å². The zero-order chi connectivity index (χ0) is 19.2. The molecule has 1 aliphatic carbocycles. The fraction of sp³-hybridized carbons (Fsp3) is 0.391. The Kier molecular flexibility index (Phi) is 6.14. The number of hydrogen-bond donors (Lipinski definition) is 1. The van der Waals surface area contributed by atoms with Gasteiger partial charge in [-0.25, -0.2) is 4.98 Å². The molecule has 2 aromatic heterocycles. The SMILES string of the molecule is OC(COC1CCCCC1)Cn1cnc(-c2ccccc2)c1-c1cccnc1. The minimum atomic E-state index is -0.574. The third-order valence-electron chi connectivity index (χ3n) is 5.30. The molecule has 1 fully saturated rings. The van der Waals surface area contributed by atoms with Gasteiger partial charge in [-0.1, -0.05) is 49.6 Å². The number of aliphatic hydroxyl groups is 1. The van der Waals surface area contributed by atoms with Crippen LogP contribution >= 0.6 is 0 Å². The molecule has 0 radical (unpaired) electrons. The highest BCUT2D eigenvalue weighted by atomic mass is 16.5. The Balaban J connectivity index is 1.54. The first kappa shape index (κ1) is 18.8. The first-order valence-electron chi connectivity index (χ1n) is 10.1. The fourth-order valence-electron chi connectivity index (χ4n) is 3.89. The van der Waals surface area contributed by atoms with Crippen LogP contribution in [0.15, 0.2) is 61.2 Å². The number of pyridine rings is 1. The maximum Gasteiger partial charge on any atom is 0.0963 e. The maximum atomic E-state index is 10.6. The number of benzene rings is 1. The van der Waals surface area contributed by atoms with Gasteiger partial charge in [-0.15, -0.1) is 0 Å². The number of aliphatic hydroxyl groups excluding tert-OH is 1. The van der Waals surface area contributed by atoms with E-state index in [1.54, 1.807) is 12.5 Å². The molecule has 0 spiro atoms. The normalized spacial score (nSPS) is 16.2. The molecule has 1 aromatic carbocycles. The third-order valence-corrected chi connectivity index (χ3v) is 5.30. The number of imidazole rings is 1.